The molecule has 0 aliphatic heterocycles. The van der Waals surface area contributed by atoms with Gasteiger partial charge in [0.25, 0.3) is 0 Å². The Labute approximate surface area is 109 Å². The lowest BCUT2D eigenvalue weighted by molar-refractivity contribution is 0.0599. The zero-order chi connectivity index (χ0) is 14.3. The molecular formula is C13H14N2O4. The Bertz CT molecular complexity index is 752. The van der Waals surface area contributed by atoms with Crippen LogP contribution in [0, 0.1) is 0 Å². The van der Waals surface area contributed by atoms with Crippen molar-refractivity contribution in [1.82, 2.24) is 9.13 Å². The highest BCUT2D eigenvalue weighted by molar-refractivity contribution is 6.12. The number of fused-ring (bicyclic) bond motifs is 1. The van der Waals surface area contributed by atoms with E-state index in [4.69, 9.17) is 4.74 Å². The second kappa shape index (κ2) is 4.38. The van der Waals surface area contributed by atoms with E-state index in [0.717, 1.165) is 0 Å². The molecule has 0 radical (unpaired) electrons. The predicted molar refractivity (Wildman–Crippen MR) is 69.5 cm³/mol. The van der Waals surface area contributed by atoms with Gasteiger partial charge in [0.15, 0.2) is 5.78 Å². The number of Topliss-reactive ketones (excluding diaryl/α,β-unsaturated/α-hetero) is 1. The van der Waals surface area contributed by atoms with Crippen LogP contribution in [-0.2, 0) is 18.8 Å². The molecule has 0 N–H and O–H groups in total. The first-order valence-electron chi connectivity index (χ1n) is 5.67. The Kier molecular flexibility index (Phi) is 3.01. The molecule has 19 heavy (non-hydrogen) atoms. The normalized spacial score (nSPS) is 10.7. The summed E-state index contributed by atoms with van der Waals surface area (Å²) in [5, 5.41) is 0. The molecule has 6 heteroatoms. The minimum atomic E-state index is -0.628. The molecule has 1 heterocycles. The Hall–Kier alpha value is -2.37. The highest BCUT2D eigenvalue weighted by Gasteiger charge is 2.23. The van der Waals surface area contributed by atoms with Crippen LogP contribution in [0.3, 0.4) is 0 Å². The van der Waals surface area contributed by atoms with Crippen LogP contribution in [-0.4, -0.2) is 28.0 Å². The fraction of sp³-hybridized carbons (Fsp3) is 0.308. The number of aromatic nitrogens is 2. The van der Waals surface area contributed by atoms with Crippen LogP contribution in [0.25, 0.3) is 11.0 Å². The van der Waals surface area contributed by atoms with Crippen LogP contribution < -0.4 is 5.69 Å². The van der Waals surface area contributed by atoms with Crippen molar-refractivity contribution in [2.24, 2.45) is 14.1 Å². The Morgan fingerprint density at radius 1 is 1.16 bits per heavy atom. The molecule has 0 aliphatic carbocycles. The van der Waals surface area contributed by atoms with E-state index >= 15 is 0 Å². The van der Waals surface area contributed by atoms with Crippen molar-refractivity contribution in [3.63, 3.8) is 0 Å². The largest absolute Gasteiger partial charge is 0.465 e. The molecule has 0 saturated heterocycles. The molecule has 2 rings (SSSR count). The number of imidazole rings is 1. The van der Waals surface area contributed by atoms with Crippen molar-refractivity contribution in [1.29, 1.82) is 0 Å². The SMILES string of the molecule is COC(=O)c1c(C(C)=O)ccc2c1n(C)c(=O)n2C. The molecule has 2 aromatic rings. The lowest BCUT2D eigenvalue weighted by Crippen LogP contribution is -2.20. The summed E-state index contributed by atoms with van der Waals surface area (Å²) in [5.41, 5.74) is 1.11. The van der Waals surface area contributed by atoms with Gasteiger partial charge in [-0.1, -0.05) is 0 Å². The first kappa shape index (κ1) is 13.1. The van der Waals surface area contributed by atoms with Crippen LogP contribution in [0.5, 0.6) is 0 Å². The molecule has 1 aromatic heterocycles. The monoisotopic (exact) mass is 262 g/mol. The number of ketones is 1. The summed E-state index contributed by atoms with van der Waals surface area (Å²) < 4.78 is 7.49. The second-order valence-electron chi connectivity index (χ2n) is 4.30. The lowest BCUT2D eigenvalue weighted by atomic mass is 10.0. The molecule has 0 amide bonds. The molecule has 0 spiro atoms. The predicted octanol–water partition coefficient (Wildman–Crippen LogP) is 0.866. The highest BCUT2D eigenvalue weighted by Crippen LogP contribution is 2.22. The van der Waals surface area contributed by atoms with E-state index in [9.17, 15) is 14.4 Å². The van der Waals surface area contributed by atoms with Gasteiger partial charge in [0.2, 0.25) is 0 Å². The third kappa shape index (κ3) is 1.76. The van der Waals surface area contributed by atoms with Gasteiger partial charge in [-0.3, -0.25) is 13.9 Å². The number of hydrogen-bond acceptors (Lipinski definition) is 4. The van der Waals surface area contributed by atoms with E-state index in [0.29, 0.717) is 11.0 Å². The maximum absolute atomic E-state index is 11.9. The number of nitrogens with zero attached hydrogens (tertiary/aromatic N) is 2. The summed E-state index contributed by atoms with van der Waals surface area (Å²) in [4.78, 5) is 35.5. The average Bonchev–Trinajstić information content (AvgIpc) is 2.62. The molecule has 0 unspecified atom stereocenters. The molecule has 0 fully saturated rings. The number of methoxy groups -OCH3 is 1. The van der Waals surface area contributed by atoms with Gasteiger partial charge < -0.3 is 4.74 Å². The maximum Gasteiger partial charge on any atom is 0.340 e. The third-order valence-corrected chi connectivity index (χ3v) is 3.20. The summed E-state index contributed by atoms with van der Waals surface area (Å²) >= 11 is 0. The fourth-order valence-corrected chi connectivity index (χ4v) is 2.22. The molecule has 0 atom stereocenters. The number of benzene rings is 1. The highest BCUT2D eigenvalue weighted by atomic mass is 16.5. The summed E-state index contributed by atoms with van der Waals surface area (Å²) in [6.45, 7) is 1.37. The number of ether oxygens (including phenoxy) is 1. The molecule has 0 aliphatic rings. The number of carbonyl (C=O) groups excluding carboxylic acids is 2. The topological polar surface area (TPSA) is 70.3 Å². The fourth-order valence-electron chi connectivity index (χ4n) is 2.22. The maximum atomic E-state index is 11.9. The third-order valence-electron chi connectivity index (χ3n) is 3.20. The van der Waals surface area contributed by atoms with Crippen molar-refractivity contribution >= 4 is 22.8 Å². The zero-order valence-electron chi connectivity index (χ0n) is 11.2. The van der Waals surface area contributed by atoms with Crippen molar-refractivity contribution in [3.05, 3.63) is 33.7 Å². The standard InChI is InChI=1S/C13H14N2O4/c1-7(16)8-5-6-9-11(10(8)12(17)19-4)15(3)13(18)14(9)2/h5-6H,1-4H3. The molecule has 1 aromatic carbocycles. The van der Waals surface area contributed by atoms with Gasteiger partial charge in [0, 0.05) is 19.7 Å². The van der Waals surface area contributed by atoms with Crippen molar-refractivity contribution in [2.45, 2.75) is 6.92 Å². The van der Waals surface area contributed by atoms with E-state index < -0.39 is 5.97 Å². The summed E-state index contributed by atoms with van der Waals surface area (Å²) in [7, 11) is 4.41. The molecular weight excluding hydrogens is 248 g/mol. The molecule has 0 saturated carbocycles. The second-order valence-corrected chi connectivity index (χ2v) is 4.30. The lowest BCUT2D eigenvalue weighted by Gasteiger charge is -2.08. The van der Waals surface area contributed by atoms with Gasteiger partial charge in [-0.25, -0.2) is 9.59 Å². The van der Waals surface area contributed by atoms with Gasteiger partial charge in [-0.2, -0.15) is 0 Å². The smallest absolute Gasteiger partial charge is 0.340 e. The summed E-state index contributed by atoms with van der Waals surface area (Å²) in [6, 6.07) is 3.19. The Balaban J connectivity index is 3.04. The van der Waals surface area contributed by atoms with Crippen molar-refractivity contribution < 1.29 is 14.3 Å². The quantitative estimate of drug-likeness (QED) is 0.594. The molecule has 6 nitrogen and oxygen atoms in total. The first-order valence-corrected chi connectivity index (χ1v) is 5.67. The van der Waals surface area contributed by atoms with Crippen LogP contribution in [0.1, 0.15) is 27.6 Å². The van der Waals surface area contributed by atoms with E-state index in [1.54, 1.807) is 20.2 Å². The summed E-state index contributed by atoms with van der Waals surface area (Å²) in [6.07, 6.45) is 0. The zero-order valence-corrected chi connectivity index (χ0v) is 11.2. The minimum Gasteiger partial charge on any atom is -0.465 e. The number of rotatable bonds is 2. The first-order chi connectivity index (χ1) is 8.90. The number of hydrogen-bond donors (Lipinski definition) is 0. The molecule has 0 bridgehead atoms. The number of carbonyl (C=O) groups is 2. The van der Waals surface area contributed by atoms with E-state index in [2.05, 4.69) is 0 Å². The van der Waals surface area contributed by atoms with Gasteiger partial charge >= 0.3 is 11.7 Å². The van der Waals surface area contributed by atoms with Gasteiger partial charge in [-0.15, -0.1) is 0 Å². The van der Waals surface area contributed by atoms with Gasteiger partial charge in [0.05, 0.1) is 23.7 Å². The van der Waals surface area contributed by atoms with Gasteiger partial charge in [0.1, 0.15) is 0 Å². The van der Waals surface area contributed by atoms with E-state index in [1.165, 1.54) is 29.2 Å². The van der Waals surface area contributed by atoms with Crippen molar-refractivity contribution in [2.75, 3.05) is 7.11 Å². The van der Waals surface area contributed by atoms with Crippen molar-refractivity contribution in [3.8, 4) is 0 Å². The van der Waals surface area contributed by atoms with Gasteiger partial charge in [-0.05, 0) is 19.1 Å². The Morgan fingerprint density at radius 3 is 2.32 bits per heavy atom. The average molecular weight is 262 g/mol. The van der Waals surface area contributed by atoms with Crippen LogP contribution in [0.4, 0.5) is 0 Å². The van der Waals surface area contributed by atoms with Crippen LogP contribution in [0.2, 0.25) is 0 Å². The summed E-state index contributed by atoms with van der Waals surface area (Å²) in [5.74, 6) is -0.879. The molecule has 100 valence electrons. The van der Waals surface area contributed by atoms with E-state index in [1.807, 2.05) is 0 Å². The number of aryl methyl sites for hydroxylation is 2. The number of esters is 1. The minimum absolute atomic E-state index is 0.132. The Morgan fingerprint density at radius 2 is 1.79 bits per heavy atom. The van der Waals surface area contributed by atoms with E-state index in [-0.39, 0.29) is 22.6 Å². The van der Waals surface area contributed by atoms with Crippen LogP contribution >= 0.6 is 0 Å². The van der Waals surface area contributed by atoms with Crippen LogP contribution in [0.15, 0.2) is 16.9 Å².